The highest BCUT2D eigenvalue weighted by atomic mass is 32.1. The molecule has 1 amide bonds. The van der Waals surface area contributed by atoms with Crippen LogP contribution in [-0.2, 0) is 0 Å². The maximum Gasteiger partial charge on any atom is 0.266 e. The molecule has 0 radical (unpaired) electrons. The van der Waals surface area contributed by atoms with E-state index in [9.17, 15) is 4.79 Å². The Morgan fingerprint density at radius 2 is 2.04 bits per heavy atom. The summed E-state index contributed by atoms with van der Waals surface area (Å²) in [5.41, 5.74) is 2.37. The standard InChI is InChI=1S/C20H17N3O3S/c1-11-16-12(2)21-18(15-8-5-9-26-15)23-20(16)27-17(11)19(24)22-13-6-4-7-14(10-13)25-3/h4-10H,1-3H3,(H,22,24). The van der Waals surface area contributed by atoms with Crippen LogP contribution >= 0.6 is 11.3 Å². The van der Waals surface area contributed by atoms with Gasteiger partial charge in [-0.3, -0.25) is 4.79 Å². The van der Waals surface area contributed by atoms with Gasteiger partial charge in [0, 0.05) is 17.1 Å². The number of benzene rings is 1. The number of furan rings is 1. The van der Waals surface area contributed by atoms with E-state index in [2.05, 4.69) is 15.3 Å². The summed E-state index contributed by atoms with van der Waals surface area (Å²) in [6.45, 7) is 3.84. The van der Waals surface area contributed by atoms with Crippen molar-refractivity contribution in [2.75, 3.05) is 12.4 Å². The van der Waals surface area contributed by atoms with Gasteiger partial charge in [0.2, 0.25) is 0 Å². The zero-order valence-corrected chi connectivity index (χ0v) is 15.9. The van der Waals surface area contributed by atoms with Gasteiger partial charge in [0.25, 0.3) is 5.91 Å². The van der Waals surface area contributed by atoms with Crippen molar-refractivity contribution in [2.24, 2.45) is 0 Å². The Balaban J connectivity index is 1.72. The molecule has 6 nitrogen and oxygen atoms in total. The second kappa shape index (κ2) is 6.85. The van der Waals surface area contributed by atoms with E-state index < -0.39 is 0 Å². The predicted octanol–water partition coefficient (Wildman–Crippen LogP) is 4.83. The molecule has 0 spiro atoms. The maximum absolute atomic E-state index is 12.8. The lowest BCUT2D eigenvalue weighted by molar-refractivity contribution is 0.103. The minimum atomic E-state index is -0.178. The van der Waals surface area contributed by atoms with Crippen LogP contribution in [0.5, 0.6) is 5.75 Å². The Labute approximate surface area is 159 Å². The Morgan fingerprint density at radius 3 is 2.78 bits per heavy atom. The van der Waals surface area contributed by atoms with Crippen molar-refractivity contribution in [1.82, 2.24) is 9.97 Å². The third-order valence-corrected chi connectivity index (χ3v) is 5.43. The quantitative estimate of drug-likeness (QED) is 0.549. The number of nitrogens with zero attached hydrogens (tertiary/aromatic N) is 2. The van der Waals surface area contributed by atoms with Gasteiger partial charge in [-0.1, -0.05) is 6.07 Å². The summed E-state index contributed by atoms with van der Waals surface area (Å²) < 4.78 is 10.6. The van der Waals surface area contributed by atoms with E-state index in [4.69, 9.17) is 9.15 Å². The first-order valence-electron chi connectivity index (χ1n) is 8.34. The second-order valence-electron chi connectivity index (χ2n) is 6.03. The summed E-state index contributed by atoms with van der Waals surface area (Å²) >= 11 is 1.35. The van der Waals surface area contributed by atoms with Crippen LogP contribution in [0.15, 0.2) is 47.1 Å². The number of carbonyl (C=O) groups excluding carboxylic acids is 1. The lowest BCUT2D eigenvalue weighted by atomic mass is 10.1. The Kier molecular flexibility index (Phi) is 4.37. The Hall–Kier alpha value is -3.19. The summed E-state index contributed by atoms with van der Waals surface area (Å²) in [4.78, 5) is 23.3. The molecule has 136 valence electrons. The summed E-state index contributed by atoms with van der Waals surface area (Å²) in [7, 11) is 1.59. The van der Waals surface area contributed by atoms with Crippen LogP contribution in [0.1, 0.15) is 20.9 Å². The third kappa shape index (κ3) is 3.17. The third-order valence-electron chi connectivity index (χ3n) is 4.25. The highest BCUT2D eigenvalue weighted by molar-refractivity contribution is 7.20. The number of anilines is 1. The first kappa shape index (κ1) is 17.2. The van der Waals surface area contributed by atoms with Crippen molar-refractivity contribution in [3.63, 3.8) is 0 Å². The number of aryl methyl sites for hydroxylation is 2. The van der Waals surface area contributed by atoms with E-state index in [1.165, 1.54) is 11.3 Å². The number of aromatic nitrogens is 2. The first-order chi connectivity index (χ1) is 13.1. The molecular weight excluding hydrogens is 362 g/mol. The van der Waals surface area contributed by atoms with E-state index in [1.807, 2.05) is 38.1 Å². The molecule has 3 aromatic heterocycles. The summed E-state index contributed by atoms with van der Waals surface area (Å²) in [5.74, 6) is 1.63. The fraction of sp³-hybridized carbons (Fsp3) is 0.150. The highest BCUT2D eigenvalue weighted by Crippen LogP contribution is 2.33. The number of nitrogens with one attached hydrogen (secondary N) is 1. The number of fused-ring (bicyclic) bond motifs is 1. The number of rotatable bonds is 4. The molecule has 3 heterocycles. The number of thiophene rings is 1. The van der Waals surface area contributed by atoms with Crippen molar-refractivity contribution in [2.45, 2.75) is 13.8 Å². The van der Waals surface area contributed by atoms with Gasteiger partial charge in [0.15, 0.2) is 11.6 Å². The molecule has 0 aliphatic rings. The topological polar surface area (TPSA) is 77.2 Å². The summed E-state index contributed by atoms with van der Waals surface area (Å²) in [5, 5.41) is 3.83. The van der Waals surface area contributed by atoms with Crippen LogP contribution in [0.25, 0.3) is 21.8 Å². The van der Waals surface area contributed by atoms with Gasteiger partial charge in [-0.05, 0) is 43.7 Å². The van der Waals surface area contributed by atoms with Crippen molar-refractivity contribution >= 4 is 33.1 Å². The molecule has 0 aliphatic carbocycles. The van der Waals surface area contributed by atoms with Crippen LogP contribution in [0.2, 0.25) is 0 Å². The van der Waals surface area contributed by atoms with Crippen LogP contribution in [0.4, 0.5) is 5.69 Å². The molecule has 0 fully saturated rings. The van der Waals surface area contributed by atoms with E-state index in [0.29, 0.717) is 27.9 Å². The van der Waals surface area contributed by atoms with Crippen molar-refractivity contribution in [3.05, 3.63) is 58.8 Å². The molecule has 1 aromatic carbocycles. The fourth-order valence-corrected chi connectivity index (χ4v) is 4.09. The Morgan fingerprint density at radius 1 is 1.19 bits per heavy atom. The van der Waals surface area contributed by atoms with Crippen LogP contribution in [-0.4, -0.2) is 23.0 Å². The minimum absolute atomic E-state index is 0.178. The second-order valence-corrected chi connectivity index (χ2v) is 7.03. The van der Waals surface area contributed by atoms with E-state index in [-0.39, 0.29) is 5.91 Å². The van der Waals surface area contributed by atoms with E-state index in [0.717, 1.165) is 21.5 Å². The van der Waals surface area contributed by atoms with Crippen LogP contribution in [0, 0.1) is 13.8 Å². The molecule has 0 bridgehead atoms. The van der Waals surface area contributed by atoms with Gasteiger partial charge in [0.1, 0.15) is 10.6 Å². The predicted molar refractivity (Wildman–Crippen MR) is 106 cm³/mol. The van der Waals surface area contributed by atoms with E-state index >= 15 is 0 Å². The smallest absolute Gasteiger partial charge is 0.266 e. The van der Waals surface area contributed by atoms with Crippen molar-refractivity contribution in [1.29, 1.82) is 0 Å². The van der Waals surface area contributed by atoms with Crippen LogP contribution in [0.3, 0.4) is 0 Å². The number of hydrogen-bond donors (Lipinski definition) is 1. The van der Waals surface area contributed by atoms with Gasteiger partial charge in [-0.15, -0.1) is 11.3 Å². The number of methoxy groups -OCH3 is 1. The highest BCUT2D eigenvalue weighted by Gasteiger charge is 2.20. The summed E-state index contributed by atoms with van der Waals surface area (Å²) in [6.07, 6.45) is 1.59. The maximum atomic E-state index is 12.8. The number of ether oxygens (including phenoxy) is 1. The monoisotopic (exact) mass is 379 g/mol. The molecule has 0 unspecified atom stereocenters. The van der Waals surface area contributed by atoms with Crippen LogP contribution < -0.4 is 10.1 Å². The number of hydrogen-bond acceptors (Lipinski definition) is 6. The fourth-order valence-electron chi connectivity index (χ4n) is 2.96. The molecule has 7 heteroatoms. The average molecular weight is 379 g/mol. The van der Waals surface area contributed by atoms with Gasteiger partial charge < -0.3 is 14.5 Å². The SMILES string of the molecule is COc1cccc(NC(=O)c2sc3nc(-c4ccco4)nc(C)c3c2C)c1. The average Bonchev–Trinajstić information content (AvgIpc) is 3.30. The van der Waals surface area contributed by atoms with Gasteiger partial charge in [-0.2, -0.15) is 0 Å². The van der Waals surface area contributed by atoms with Gasteiger partial charge in [0.05, 0.1) is 23.9 Å². The lowest BCUT2D eigenvalue weighted by Gasteiger charge is -2.06. The molecular formula is C20H17N3O3S. The van der Waals surface area contributed by atoms with Crippen molar-refractivity contribution in [3.8, 4) is 17.3 Å². The van der Waals surface area contributed by atoms with Gasteiger partial charge in [-0.25, -0.2) is 9.97 Å². The molecule has 1 N–H and O–H groups in total. The molecule has 27 heavy (non-hydrogen) atoms. The molecule has 0 atom stereocenters. The molecule has 4 aromatic rings. The normalized spacial score (nSPS) is 10.9. The van der Waals surface area contributed by atoms with E-state index in [1.54, 1.807) is 25.5 Å². The molecule has 4 rings (SSSR count). The first-order valence-corrected chi connectivity index (χ1v) is 9.15. The lowest BCUT2D eigenvalue weighted by Crippen LogP contribution is -2.11. The molecule has 0 saturated heterocycles. The van der Waals surface area contributed by atoms with Gasteiger partial charge >= 0.3 is 0 Å². The summed E-state index contributed by atoms with van der Waals surface area (Å²) in [6, 6.07) is 10.9. The molecule has 0 saturated carbocycles. The van der Waals surface area contributed by atoms with Crippen molar-refractivity contribution < 1.29 is 13.9 Å². The zero-order chi connectivity index (χ0) is 19.0. The molecule has 0 aliphatic heterocycles. The zero-order valence-electron chi connectivity index (χ0n) is 15.1. The minimum Gasteiger partial charge on any atom is -0.497 e. The largest absolute Gasteiger partial charge is 0.497 e. The Bertz CT molecular complexity index is 1130. The number of amides is 1. The number of carbonyl (C=O) groups is 1.